The van der Waals surface area contributed by atoms with Crippen molar-refractivity contribution in [3.05, 3.63) is 59.9 Å². The maximum absolute atomic E-state index is 13.3. The van der Waals surface area contributed by atoms with Crippen molar-refractivity contribution in [1.82, 2.24) is 24.3 Å². The van der Waals surface area contributed by atoms with E-state index in [1.807, 2.05) is 54.2 Å². The number of para-hydroxylation sites is 1. The third-order valence-corrected chi connectivity index (χ3v) is 6.99. The molecule has 0 saturated heterocycles. The summed E-state index contributed by atoms with van der Waals surface area (Å²) >= 11 is 0. The lowest BCUT2D eigenvalue weighted by molar-refractivity contribution is -0.152. The second-order valence-corrected chi connectivity index (χ2v) is 11.1. The number of nitrogens with zero attached hydrogens (tertiary/aromatic N) is 5. The van der Waals surface area contributed by atoms with Crippen LogP contribution in [0.5, 0.6) is 5.75 Å². The topological polar surface area (TPSA) is 136 Å². The maximum atomic E-state index is 13.3. The number of carboxylic acids is 1. The van der Waals surface area contributed by atoms with E-state index >= 15 is 0 Å². The van der Waals surface area contributed by atoms with Crippen molar-refractivity contribution in [2.24, 2.45) is 0 Å². The smallest absolute Gasteiger partial charge is 0.347 e. The van der Waals surface area contributed by atoms with Gasteiger partial charge >= 0.3 is 5.97 Å². The van der Waals surface area contributed by atoms with Gasteiger partial charge in [0.15, 0.2) is 11.4 Å². The number of hydrogen-bond acceptors (Lipinski definition) is 8. The molecule has 11 heteroatoms. The third-order valence-electron chi connectivity index (χ3n) is 6.99. The highest BCUT2D eigenvalue weighted by atomic mass is 16.5. The second-order valence-electron chi connectivity index (χ2n) is 11.1. The fraction of sp³-hybridized carbons (Fsp3) is 0.419. The molecule has 42 heavy (non-hydrogen) atoms. The molecule has 0 fully saturated rings. The number of carbonyl (C=O) groups is 2. The first-order valence-corrected chi connectivity index (χ1v) is 14.0. The Morgan fingerprint density at radius 1 is 1.10 bits per heavy atom. The van der Waals surface area contributed by atoms with E-state index in [1.165, 1.54) is 13.8 Å². The summed E-state index contributed by atoms with van der Waals surface area (Å²) in [6, 6.07) is 15.1. The first-order chi connectivity index (χ1) is 20.0. The standard InChI is InChI=1S/C31H40N6O5/c1-31(2,30(39)40)42-22-11-8-10-21(18-22)19-36(26(38)20-35(3)4)15-9-16-37-25(14-17-41-5)34-27-28(37)23-12-6-7-13-24(23)33-29(27)32/h6-8,10-13,18H,9,14-17,19-20H2,1-5H3,(H2,32,33)(H,39,40). The maximum Gasteiger partial charge on any atom is 0.347 e. The molecule has 2 aromatic heterocycles. The van der Waals surface area contributed by atoms with Crippen LogP contribution in [0.2, 0.25) is 0 Å². The number of aromatic nitrogens is 3. The van der Waals surface area contributed by atoms with Crippen LogP contribution in [-0.2, 0) is 33.8 Å². The van der Waals surface area contributed by atoms with Gasteiger partial charge in [-0.15, -0.1) is 0 Å². The van der Waals surface area contributed by atoms with Gasteiger partial charge in [0.2, 0.25) is 5.91 Å². The van der Waals surface area contributed by atoms with E-state index in [0.29, 0.717) is 56.2 Å². The van der Waals surface area contributed by atoms with Gasteiger partial charge in [-0.3, -0.25) is 4.79 Å². The number of nitrogen functional groups attached to an aromatic ring is 1. The summed E-state index contributed by atoms with van der Waals surface area (Å²) in [5.41, 5.74) is 8.20. The number of imidazole rings is 1. The minimum atomic E-state index is -1.38. The molecule has 0 unspecified atom stereocenters. The molecule has 0 radical (unpaired) electrons. The molecule has 11 nitrogen and oxygen atoms in total. The number of aliphatic carboxylic acids is 1. The highest BCUT2D eigenvalue weighted by Crippen LogP contribution is 2.29. The van der Waals surface area contributed by atoms with Crippen LogP contribution < -0.4 is 10.5 Å². The zero-order valence-corrected chi connectivity index (χ0v) is 25.0. The number of rotatable bonds is 14. The largest absolute Gasteiger partial charge is 0.478 e. The van der Waals surface area contributed by atoms with Crippen LogP contribution in [0, 0.1) is 0 Å². The van der Waals surface area contributed by atoms with Gasteiger partial charge in [0.1, 0.15) is 17.1 Å². The Hall–Kier alpha value is -4.22. The van der Waals surface area contributed by atoms with Crippen molar-refractivity contribution < 1.29 is 24.2 Å². The van der Waals surface area contributed by atoms with Crippen molar-refractivity contribution in [1.29, 1.82) is 0 Å². The van der Waals surface area contributed by atoms with E-state index in [0.717, 1.165) is 27.8 Å². The number of nitrogens with two attached hydrogens (primary N) is 1. The Kier molecular flexibility index (Phi) is 9.64. The van der Waals surface area contributed by atoms with Crippen molar-refractivity contribution >= 4 is 39.6 Å². The van der Waals surface area contributed by atoms with Crippen LogP contribution in [-0.4, -0.2) is 87.8 Å². The van der Waals surface area contributed by atoms with E-state index in [-0.39, 0.29) is 12.5 Å². The lowest BCUT2D eigenvalue weighted by Crippen LogP contribution is -2.38. The molecule has 0 aliphatic heterocycles. The lowest BCUT2D eigenvalue weighted by Gasteiger charge is -2.26. The number of fused-ring (bicyclic) bond motifs is 3. The first-order valence-electron chi connectivity index (χ1n) is 14.0. The molecule has 0 aliphatic carbocycles. The monoisotopic (exact) mass is 576 g/mol. The molecule has 3 N–H and O–H groups in total. The van der Waals surface area contributed by atoms with Gasteiger partial charge in [-0.1, -0.05) is 30.3 Å². The SMILES string of the molecule is COCCc1nc2c(N)nc3ccccc3c2n1CCCN(Cc1cccc(OC(C)(C)C(=O)O)c1)C(=O)CN(C)C. The number of benzene rings is 2. The fourth-order valence-corrected chi connectivity index (χ4v) is 4.88. The molecular weight excluding hydrogens is 536 g/mol. The normalized spacial score (nSPS) is 11.9. The van der Waals surface area contributed by atoms with Crippen LogP contribution in [0.3, 0.4) is 0 Å². The van der Waals surface area contributed by atoms with Gasteiger partial charge < -0.3 is 34.7 Å². The summed E-state index contributed by atoms with van der Waals surface area (Å²) in [5.74, 6) is 0.612. The number of hydrogen-bond donors (Lipinski definition) is 2. The number of amides is 1. The van der Waals surface area contributed by atoms with Gasteiger partial charge in [0.05, 0.1) is 24.2 Å². The minimum Gasteiger partial charge on any atom is -0.478 e. The zero-order chi connectivity index (χ0) is 30.4. The van der Waals surface area contributed by atoms with Gasteiger partial charge in [0.25, 0.3) is 0 Å². The van der Waals surface area contributed by atoms with Crippen LogP contribution in [0.25, 0.3) is 21.9 Å². The number of aryl methyl sites for hydroxylation is 1. The molecule has 0 atom stereocenters. The minimum absolute atomic E-state index is 0.00817. The Morgan fingerprint density at radius 2 is 1.86 bits per heavy atom. The molecule has 2 heterocycles. The second kappa shape index (κ2) is 13.2. The summed E-state index contributed by atoms with van der Waals surface area (Å²) in [7, 11) is 5.39. The summed E-state index contributed by atoms with van der Waals surface area (Å²) in [5, 5.41) is 10.4. The first kappa shape index (κ1) is 30.7. The molecule has 0 bridgehead atoms. The molecular formula is C31H40N6O5. The predicted molar refractivity (Wildman–Crippen MR) is 162 cm³/mol. The highest BCUT2D eigenvalue weighted by Gasteiger charge is 2.29. The van der Waals surface area contributed by atoms with Crippen LogP contribution in [0.4, 0.5) is 5.82 Å². The molecule has 1 amide bonds. The molecule has 4 rings (SSSR count). The molecule has 0 spiro atoms. The number of carboxylic acid groups (broad SMARTS) is 1. The van der Waals surface area contributed by atoms with Crippen molar-refractivity contribution in [3.8, 4) is 5.75 Å². The highest BCUT2D eigenvalue weighted by molar-refractivity contribution is 6.06. The van der Waals surface area contributed by atoms with Crippen LogP contribution in [0.1, 0.15) is 31.7 Å². The molecule has 0 saturated carbocycles. The Bertz CT molecular complexity index is 1560. The Morgan fingerprint density at radius 3 is 2.57 bits per heavy atom. The van der Waals surface area contributed by atoms with Crippen molar-refractivity contribution in [2.45, 2.75) is 45.4 Å². The van der Waals surface area contributed by atoms with Crippen molar-refractivity contribution in [2.75, 3.05) is 46.6 Å². The van der Waals surface area contributed by atoms with Gasteiger partial charge in [-0.2, -0.15) is 0 Å². The summed E-state index contributed by atoms with van der Waals surface area (Å²) in [6.45, 7) is 5.26. The molecule has 224 valence electrons. The number of anilines is 1. The summed E-state index contributed by atoms with van der Waals surface area (Å²) < 4.78 is 13.2. The fourth-order valence-electron chi connectivity index (χ4n) is 4.88. The number of likely N-dealkylation sites (N-methyl/N-ethyl adjacent to an activating group) is 1. The Labute approximate surface area is 245 Å². The zero-order valence-electron chi connectivity index (χ0n) is 25.0. The van der Waals surface area contributed by atoms with Gasteiger partial charge in [-0.05, 0) is 58.1 Å². The quantitative estimate of drug-likeness (QED) is 0.231. The van der Waals surface area contributed by atoms with Crippen molar-refractivity contribution in [3.63, 3.8) is 0 Å². The number of carbonyl (C=O) groups excluding carboxylic acids is 1. The van der Waals surface area contributed by atoms with E-state index in [1.54, 1.807) is 25.3 Å². The predicted octanol–water partition coefficient (Wildman–Crippen LogP) is 3.58. The van der Waals surface area contributed by atoms with Gasteiger partial charge in [0, 0.05) is 38.6 Å². The average Bonchev–Trinajstić information content (AvgIpc) is 3.30. The number of methoxy groups -OCH3 is 1. The molecule has 2 aromatic carbocycles. The summed E-state index contributed by atoms with van der Waals surface area (Å²) in [6.07, 6.45) is 1.28. The van der Waals surface area contributed by atoms with Gasteiger partial charge in [-0.25, -0.2) is 14.8 Å². The van der Waals surface area contributed by atoms with Crippen LogP contribution in [0.15, 0.2) is 48.5 Å². The number of ether oxygens (including phenoxy) is 2. The molecule has 4 aromatic rings. The van der Waals surface area contributed by atoms with E-state index < -0.39 is 11.6 Å². The van der Waals surface area contributed by atoms with E-state index in [4.69, 9.17) is 20.2 Å². The summed E-state index contributed by atoms with van der Waals surface area (Å²) in [4.78, 5) is 37.9. The molecule has 0 aliphatic rings. The number of pyridine rings is 1. The van der Waals surface area contributed by atoms with E-state index in [9.17, 15) is 14.7 Å². The third kappa shape index (κ3) is 7.15. The van der Waals surface area contributed by atoms with Crippen LogP contribution >= 0.6 is 0 Å². The van der Waals surface area contributed by atoms with E-state index in [2.05, 4.69) is 9.55 Å². The average molecular weight is 577 g/mol. The Balaban J connectivity index is 1.59. The lowest BCUT2D eigenvalue weighted by atomic mass is 10.1.